The number of nitrogens with zero attached hydrogens (tertiary/aromatic N) is 1. The molecule has 17 heavy (non-hydrogen) atoms. The van der Waals surface area contributed by atoms with Gasteiger partial charge in [-0.05, 0) is 18.2 Å². The van der Waals surface area contributed by atoms with Gasteiger partial charge in [0.2, 0.25) is 0 Å². The lowest BCUT2D eigenvalue weighted by molar-refractivity contribution is 0.112. The molecule has 1 aromatic carbocycles. The van der Waals surface area contributed by atoms with Crippen LogP contribution in [-0.4, -0.2) is 11.3 Å². The standard InChI is InChI=1S/C14H9NO2/c16-9-10-5-12(8-15-7-10)14-6-11-3-1-2-4-13(11)17-14/h1-9H. The van der Waals surface area contributed by atoms with E-state index in [0.717, 1.165) is 28.6 Å². The van der Waals surface area contributed by atoms with Crippen LogP contribution < -0.4 is 0 Å². The maximum absolute atomic E-state index is 10.7. The van der Waals surface area contributed by atoms with Gasteiger partial charge in [0.15, 0.2) is 6.29 Å². The first-order valence-electron chi connectivity index (χ1n) is 5.26. The number of benzene rings is 1. The van der Waals surface area contributed by atoms with Gasteiger partial charge >= 0.3 is 0 Å². The Morgan fingerprint density at radius 2 is 2.00 bits per heavy atom. The van der Waals surface area contributed by atoms with E-state index in [9.17, 15) is 4.79 Å². The van der Waals surface area contributed by atoms with Crippen LogP contribution in [0.3, 0.4) is 0 Å². The fourth-order valence-electron chi connectivity index (χ4n) is 1.78. The van der Waals surface area contributed by atoms with Crippen LogP contribution in [0.15, 0.2) is 53.2 Å². The molecule has 0 amide bonds. The Morgan fingerprint density at radius 3 is 2.82 bits per heavy atom. The molecule has 0 bridgehead atoms. The number of carbonyl (C=O) groups is 1. The molecule has 3 rings (SSSR count). The van der Waals surface area contributed by atoms with Crippen LogP contribution in [0.2, 0.25) is 0 Å². The molecule has 0 saturated heterocycles. The average Bonchev–Trinajstić information content (AvgIpc) is 2.82. The molecule has 0 N–H and O–H groups in total. The van der Waals surface area contributed by atoms with Gasteiger partial charge in [0.05, 0.1) is 0 Å². The maximum atomic E-state index is 10.7. The molecule has 3 nitrogen and oxygen atoms in total. The first-order valence-corrected chi connectivity index (χ1v) is 5.26. The van der Waals surface area contributed by atoms with Gasteiger partial charge in [-0.2, -0.15) is 0 Å². The smallest absolute Gasteiger partial charge is 0.151 e. The van der Waals surface area contributed by atoms with Gasteiger partial charge in [0.25, 0.3) is 0 Å². The zero-order valence-corrected chi connectivity index (χ0v) is 8.96. The van der Waals surface area contributed by atoms with Crippen LogP contribution in [0.25, 0.3) is 22.3 Å². The third-order valence-electron chi connectivity index (χ3n) is 2.61. The molecule has 3 heteroatoms. The molecule has 0 saturated carbocycles. The summed E-state index contributed by atoms with van der Waals surface area (Å²) in [6.07, 6.45) is 3.99. The van der Waals surface area contributed by atoms with E-state index >= 15 is 0 Å². The van der Waals surface area contributed by atoms with Crippen LogP contribution in [0.1, 0.15) is 10.4 Å². The minimum atomic E-state index is 0.544. The second-order valence-electron chi connectivity index (χ2n) is 3.77. The van der Waals surface area contributed by atoms with E-state index in [0.29, 0.717) is 5.56 Å². The SMILES string of the molecule is O=Cc1cncc(-c2cc3ccccc3o2)c1. The summed E-state index contributed by atoms with van der Waals surface area (Å²) in [5.74, 6) is 0.724. The molecule has 2 aromatic heterocycles. The summed E-state index contributed by atoms with van der Waals surface area (Å²) in [5.41, 5.74) is 2.19. The Labute approximate surface area is 97.7 Å². The summed E-state index contributed by atoms with van der Waals surface area (Å²) in [4.78, 5) is 14.7. The molecule has 0 unspecified atom stereocenters. The van der Waals surface area contributed by atoms with Gasteiger partial charge < -0.3 is 4.42 Å². The van der Waals surface area contributed by atoms with E-state index in [1.165, 1.54) is 6.20 Å². The Morgan fingerprint density at radius 1 is 1.12 bits per heavy atom. The zero-order valence-electron chi connectivity index (χ0n) is 8.96. The van der Waals surface area contributed by atoms with Crippen molar-refractivity contribution >= 4 is 17.3 Å². The number of para-hydroxylation sites is 1. The predicted octanol–water partition coefficient (Wildman–Crippen LogP) is 3.31. The Kier molecular flexibility index (Phi) is 2.22. The van der Waals surface area contributed by atoms with Crippen molar-refractivity contribution in [3.05, 3.63) is 54.4 Å². The van der Waals surface area contributed by atoms with Crippen LogP contribution in [-0.2, 0) is 0 Å². The Balaban J connectivity index is 2.16. The molecule has 0 aliphatic rings. The van der Waals surface area contributed by atoms with Gasteiger partial charge in [-0.1, -0.05) is 18.2 Å². The summed E-state index contributed by atoms with van der Waals surface area (Å²) in [5, 5.41) is 1.04. The largest absolute Gasteiger partial charge is 0.456 e. The number of fused-ring (bicyclic) bond motifs is 1. The van der Waals surface area contributed by atoms with Crippen molar-refractivity contribution in [2.45, 2.75) is 0 Å². The van der Waals surface area contributed by atoms with E-state index < -0.39 is 0 Å². The van der Waals surface area contributed by atoms with Crippen LogP contribution in [0, 0.1) is 0 Å². The molecular formula is C14H9NO2. The van der Waals surface area contributed by atoms with Gasteiger partial charge in [-0.25, -0.2) is 0 Å². The monoisotopic (exact) mass is 223 g/mol. The number of hydrogen-bond acceptors (Lipinski definition) is 3. The number of pyridine rings is 1. The number of rotatable bonds is 2. The lowest BCUT2D eigenvalue weighted by Gasteiger charge is -1.95. The zero-order chi connectivity index (χ0) is 11.7. The van der Waals surface area contributed by atoms with Crippen LogP contribution in [0.5, 0.6) is 0 Å². The predicted molar refractivity (Wildman–Crippen MR) is 64.8 cm³/mol. The van der Waals surface area contributed by atoms with Crippen molar-refractivity contribution in [1.82, 2.24) is 4.98 Å². The van der Waals surface area contributed by atoms with E-state index in [-0.39, 0.29) is 0 Å². The highest BCUT2D eigenvalue weighted by molar-refractivity contribution is 5.84. The number of aldehydes is 1. The summed E-state index contributed by atoms with van der Waals surface area (Å²) in [7, 11) is 0. The first-order chi connectivity index (χ1) is 8.36. The van der Waals surface area contributed by atoms with Gasteiger partial charge in [-0.15, -0.1) is 0 Å². The van der Waals surface area contributed by atoms with Crippen molar-refractivity contribution in [2.75, 3.05) is 0 Å². The number of furan rings is 1. The molecule has 0 spiro atoms. The highest BCUT2D eigenvalue weighted by Crippen LogP contribution is 2.27. The third kappa shape index (κ3) is 1.72. The molecule has 82 valence electrons. The fraction of sp³-hybridized carbons (Fsp3) is 0. The van der Waals surface area contributed by atoms with Gasteiger partial charge in [-0.3, -0.25) is 9.78 Å². The van der Waals surface area contributed by atoms with E-state index in [1.54, 1.807) is 12.3 Å². The summed E-state index contributed by atoms with van der Waals surface area (Å²) in [6, 6.07) is 11.5. The second kappa shape index (κ2) is 3.87. The Bertz CT molecular complexity index is 652. The molecule has 0 fully saturated rings. The lowest BCUT2D eigenvalue weighted by Crippen LogP contribution is -1.83. The number of carbonyl (C=O) groups excluding carboxylic acids is 1. The number of hydrogen-bond donors (Lipinski definition) is 0. The molecule has 0 aliphatic heterocycles. The average molecular weight is 223 g/mol. The molecule has 0 aliphatic carbocycles. The van der Waals surface area contributed by atoms with Gasteiger partial charge in [0.1, 0.15) is 11.3 Å². The van der Waals surface area contributed by atoms with E-state index in [1.807, 2.05) is 30.3 Å². The minimum Gasteiger partial charge on any atom is -0.456 e. The second-order valence-corrected chi connectivity index (χ2v) is 3.77. The normalized spacial score (nSPS) is 10.6. The highest BCUT2D eigenvalue weighted by Gasteiger charge is 2.06. The maximum Gasteiger partial charge on any atom is 0.151 e. The molecule has 2 heterocycles. The van der Waals surface area contributed by atoms with Crippen molar-refractivity contribution in [3.63, 3.8) is 0 Å². The minimum absolute atomic E-state index is 0.544. The quantitative estimate of drug-likeness (QED) is 0.626. The third-order valence-corrected chi connectivity index (χ3v) is 2.61. The van der Waals surface area contributed by atoms with Crippen molar-refractivity contribution < 1.29 is 9.21 Å². The van der Waals surface area contributed by atoms with Crippen LogP contribution in [0.4, 0.5) is 0 Å². The highest BCUT2D eigenvalue weighted by atomic mass is 16.3. The van der Waals surface area contributed by atoms with Crippen molar-refractivity contribution in [1.29, 1.82) is 0 Å². The van der Waals surface area contributed by atoms with E-state index in [2.05, 4.69) is 4.98 Å². The molecule has 0 radical (unpaired) electrons. The van der Waals surface area contributed by atoms with Gasteiger partial charge in [0, 0.05) is 28.9 Å². The molecular weight excluding hydrogens is 214 g/mol. The molecule has 3 aromatic rings. The van der Waals surface area contributed by atoms with Crippen molar-refractivity contribution in [3.8, 4) is 11.3 Å². The summed E-state index contributed by atoms with van der Waals surface area (Å²) >= 11 is 0. The Hall–Kier alpha value is -2.42. The first kappa shape index (κ1) is 9.78. The number of aromatic nitrogens is 1. The fourth-order valence-corrected chi connectivity index (χ4v) is 1.78. The summed E-state index contributed by atoms with van der Waals surface area (Å²) < 4.78 is 5.70. The summed E-state index contributed by atoms with van der Waals surface area (Å²) in [6.45, 7) is 0. The lowest BCUT2D eigenvalue weighted by atomic mass is 10.1. The van der Waals surface area contributed by atoms with Crippen molar-refractivity contribution in [2.24, 2.45) is 0 Å². The van der Waals surface area contributed by atoms with Crippen LogP contribution >= 0.6 is 0 Å². The molecule has 0 atom stereocenters. The topological polar surface area (TPSA) is 43.1 Å². The van der Waals surface area contributed by atoms with E-state index in [4.69, 9.17) is 4.42 Å².